The van der Waals surface area contributed by atoms with Gasteiger partial charge in [0.2, 0.25) is 0 Å². The Labute approximate surface area is 111 Å². The summed E-state index contributed by atoms with van der Waals surface area (Å²) in [6, 6.07) is 5.69. The van der Waals surface area contributed by atoms with Crippen LogP contribution in [-0.4, -0.2) is 17.4 Å². The van der Waals surface area contributed by atoms with E-state index in [2.05, 4.69) is 18.8 Å². The summed E-state index contributed by atoms with van der Waals surface area (Å²) in [4.78, 5) is 16.0. The van der Waals surface area contributed by atoms with Gasteiger partial charge in [-0.2, -0.15) is 0 Å². The largest absolute Gasteiger partial charge is 0.292 e. The molecule has 102 valence electrons. The summed E-state index contributed by atoms with van der Waals surface area (Å²) >= 11 is 0. The van der Waals surface area contributed by atoms with Crippen molar-refractivity contribution in [3.05, 3.63) is 29.3 Å². The summed E-state index contributed by atoms with van der Waals surface area (Å²) in [7, 11) is 0. The number of fused-ring (bicyclic) bond motifs is 1. The van der Waals surface area contributed by atoms with Gasteiger partial charge in [0.25, 0.3) is 5.92 Å². The highest BCUT2D eigenvalue weighted by molar-refractivity contribution is 6.41. The molecule has 1 aliphatic rings. The van der Waals surface area contributed by atoms with Crippen LogP contribution in [0, 0.1) is 0 Å². The summed E-state index contributed by atoms with van der Waals surface area (Å²) in [6.07, 6.45) is -0.415. The maximum absolute atomic E-state index is 13.0. The van der Waals surface area contributed by atoms with Crippen LogP contribution in [0.2, 0.25) is 0 Å². The number of benzene rings is 1. The van der Waals surface area contributed by atoms with Gasteiger partial charge in [-0.25, -0.2) is 13.8 Å². The van der Waals surface area contributed by atoms with Crippen molar-refractivity contribution in [1.82, 2.24) is 0 Å². The summed E-state index contributed by atoms with van der Waals surface area (Å²) in [5, 5.41) is 0. The Morgan fingerprint density at radius 2 is 2.05 bits per heavy atom. The van der Waals surface area contributed by atoms with E-state index in [1.165, 1.54) is 0 Å². The molecule has 19 heavy (non-hydrogen) atoms. The first-order chi connectivity index (χ1) is 8.76. The molecule has 0 saturated carbocycles. The van der Waals surface area contributed by atoms with E-state index in [1.54, 1.807) is 0 Å². The third kappa shape index (κ3) is 3.25. The lowest BCUT2D eigenvalue weighted by Crippen LogP contribution is -2.26. The fourth-order valence-corrected chi connectivity index (χ4v) is 2.13. The molecule has 0 atom stereocenters. The van der Waals surface area contributed by atoms with Crippen molar-refractivity contribution in [3.8, 4) is 0 Å². The molecule has 1 aliphatic heterocycles. The summed E-state index contributed by atoms with van der Waals surface area (Å²) in [5.41, 5.74) is 2.59. The van der Waals surface area contributed by atoms with Gasteiger partial charge in [-0.3, -0.25) is 4.79 Å². The minimum atomic E-state index is -2.90. The van der Waals surface area contributed by atoms with Gasteiger partial charge in [0.15, 0.2) is 5.78 Å². The molecule has 0 radical (unpaired) electrons. The Kier molecular flexibility index (Phi) is 3.52. The second kappa shape index (κ2) is 4.83. The standard InChI is InChI=1S/C15H17F2NO/c1-9(2)10-4-5-12-11(6-10)7-14(19)13(18-12)8-15(3,16)17/h4-6,9H,7-8H2,1-3H3. The van der Waals surface area contributed by atoms with E-state index in [9.17, 15) is 13.6 Å². The normalized spacial score (nSPS) is 15.5. The van der Waals surface area contributed by atoms with Crippen molar-refractivity contribution in [2.45, 2.75) is 45.5 Å². The molecule has 2 rings (SSSR count). The fourth-order valence-electron chi connectivity index (χ4n) is 2.13. The number of aliphatic imine (C=N–C) groups is 1. The molecule has 1 aromatic rings. The summed E-state index contributed by atoms with van der Waals surface area (Å²) in [5.74, 6) is -2.83. The first kappa shape index (κ1) is 13.8. The number of halogens is 2. The Bertz CT molecular complexity index is 542. The second-order valence-electron chi connectivity index (χ2n) is 5.45. The molecule has 0 spiro atoms. The first-order valence-electron chi connectivity index (χ1n) is 6.37. The Balaban J connectivity index is 2.35. The Morgan fingerprint density at radius 3 is 2.63 bits per heavy atom. The zero-order valence-corrected chi connectivity index (χ0v) is 11.3. The van der Waals surface area contributed by atoms with Gasteiger partial charge in [0, 0.05) is 6.42 Å². The summed E-state index contributed by atoms with van der Waals surface area (Å²) < 4.78 is 26.0. The molecule has 0 bridgehead atoms. The summed E-state index contributed by atoms with van der Waals surface area (Å²) in [6.45, 7) is 4.94. The molecule has 1 heterocycles. The van der Waals surface area contributed by atoms with Crippen molar-refractivity contribution in [1.29, 1.82) is 0 Å². The van der Waals surface area contributed by atoms with Gasteiger partial charge in [0.1, 0.15) is 0 Å². The molecule has 0 unspecified atom stereocenters. The number of alkyl halides is 2. The molecule has 2 nitrogen and oxygen atoms in total. The van der Waals surface area contributed by atoms with Crippen LogP contribution in [0.4, 0.5) is 14.5 Å². The van der Waals surface area contributed by atoms with Crippen LogP contribution in [-0.2, 0) is 11.2 Å². The van der Waals surface area contributed by atoms with E-state index in [0.29, 0.717) is 11.6 Å². The van der Waals surface area contributed by atoms with Crippen molar-refractivity contribution in [2.24, 2.45) is 4.99 Å². The molecule has 0 N–H and O–H groups in total. The number of hydrogen-bond acceptors (Lipinski definition) is 2. The monoisotopic (exact) mass is 265 g/mol. The smallest absolute Gasteiger partial charge is 0.251 e. The average Bonchev–Trinajstić information content (AvgIpc) is 2.27. The van der Waals surface area contributed by atoms with Crippen LogP contribution in [0.25, 0.3) is 0 Å². The minimum absolute atomic E-state index is 0.0164. The van der Waals surface area contributed by atoms with E-state index in [-0.39, 0.29) is 17.9 Å². The van der Waals surface area contributed by atoms with Gasteiger partial charge in [-0.1, -0.05) is 26.0 Å². The van der Waals surface area contributed by atoms with Crippen molar-refractivity contribution in [2.75, 3.05) is 0 Å². The van der Waals surface area contributed by atoms with E-state index in [0.717, 1.165) is 18.1 Å². The Hall–Kier alpha value is -1.58. The minimum Gasteiger partial charge on any atom is -0.292 e. The molecular weight excluding hydrogens is 248 g/mol. The fraction of sp³-hybridized carbons (Fsp3) is 0.467. The Morgan fingerprint density at radius 1 is 1.37 bits per heavy atom. The molecule has 0 aromatic heterocycles. The lowest BCUT2D eigenvalue weighted by molar-refractivity contribution is -0.113. The second-order valence-corrected chi connectivity index (χ2v) is 5.45. The van der Waals surface area contributed by atoms with Gasteiger partial charge in [-0.15, -0.1) is 0 Å². The van der Waals surface area contributed by atoms with Gasteiger partial charge in [0.05, 0.1) is 17.8 Å². The highest BCUT2D eigenvalue weighted by Crippen LogP contribution is 2.30. The maximum Gasteiger partial charge on any atom is 0.251 e. The van der Waals surface area contributed by atoms with Crippen molar-refractivity contribution >= 4 is 17.2 Å². The van der Waals surface area contributed by atoms with Crippen LogP contribution in [0.3, 0.4) is 0 Å². The third-order valence-corrected chi connectivity index (χ3v) is 3.18. The molecule has 0 amide bonds. The molecule has 1 aromatic carbocycles. The van der Waals surface area contributed by atoms with Crippen LogP contribution in [0.1, 0.15) is 44.2 Å². The highest BCUT2D eigenvalue weighted by Gasteiger charge is 2.30. The number of hydrogen-bond donors (Lipinski definition) is 0. The topological polar surface area (TPSA) is 29.4 Å². The lowest BCUT2D eigenvalue weighted by atomic mass is 9.93. The molecule has 4 heteroatoms. The quantitative estimate of drug-likeness (QED) is 0.810. The van der Waals surface area contributed by atoms with Crippen LogP contribution in [0.15, 0.2) is 23.2 Å². The van der Waals surface area contributed by atoms with E-state index >= 15 is 0 Å². The van der Waals surface area contributed by atoms with E-state index in [1.807, 2.05) is 18.2 Å². The number of rotatable bonds is 3. The van der Waals surface area contributed by atoms with Crippen molar-refractivity contribution < 1.29 is 13.6 Å². The first-order valence-corrected chi connectivity index (χ1v) is 6.37. The number of ketones is 1. The predicted octanol–water partition coefficient (Wildman–Crippen LogP) is 4.05. The van der Waals surface area contributed by atoms with Gasteiger partial charge >= 0.3 is 0 Å². The molecule has 0 aliphatic carbocycles. The lowest BCUT2D eigenvalue weighted by Gasteiger charge is -2.18. The number of Topliss-reactive ketones (excluding diaryl/α,β-unsaturated/α-hetero) is 1. The van der Waals surface area contributed by atoms with E-state index in [4.69, 9.17) is 0 Å². The third-order valence-electron chi connectivity index (χ3n) is 3.18. The van der Waals surface area contributed by atoms with Crippen molar-refractivity contribution in [3.63, 3.8) is 0 Å². The zero-order chi connectivity index (χ0) is 14.2. The molecule has 0 saturated heterocycles. The van der Waals surface area contributed by atoms with E-state index < -0.39 is 12.3 Å². The van der Waals surface area contributed by atoms with Gasteiger partial charge < -0.3 is 0 Å². The SMILES string of the molecule is CC(C)c1ccc2c(c1)CC(=O)C(CC(C)(F)F)=N2. The zero-order valence-electron chi connectivity index (χ0n) is 11.3. The number of nitrogens with zero attached hydrogens (tertiary/aromatic N) is 1. The average molecular weight is 265 g/mol. The van der Waals surface area contributed by atoms with Crippen LogP contribution < -0.4 is 0 Å². The molecule has 0 fully saturated rings. The predicted molar refractivity (Wildman–Crippen MR) is 71.6 cm³/mol. The number of carbonyl (C=O) groups excluding carboxylic acids is 1. The number of carbonyl (C=O) groups is 1. The highest BCUT2D eigenvalue weighted by atomic mass is 19.3. The van der Waals surface area contributed by atoms with Crippen LogP contribution in [0.5, 0.6) is 0 Å². The van der Waals surface area contributed by atoms with Gasteiger partial charge in [-0.05, 0) is 30.0 Å². The molecular formula is C15H17F2NO. The van der Waals surface area contributed by atoms with Crippen LogP contribution >= 0.6 is 0 Å². The maximum atomic E-state index is 13.0.